The van der Waals surface area contributed by atoms with Crippen LogP contribution in [0.4, 0.5) is 10.5 Å². The van der Waals surface area contributed by atoms with E-state index in [4.69, 9.17) is 4.74 Å². The Hall–Kier alpha value is -2.05. The van der Waals surface area contributed by atoms with E-state index >= 15 is 0 Å². The minimum atomic E-state index is -0.142. The number of rotatable bonds is 7. The van der Waals surface area contributed by atoms with Gasteiger partial charge in [0.2, 0.25) is 0 Å². The number of carbonyl (C=O) groups excluding carboxylic acids is 1. The third kappa shape index (κ3) is 5.22. The average Bonchev–Trinajstić information content (AvgIpc) is 3.03. The topological polar surface area (TPSA) is 58.5 Å². The lowest BCUT2D eigenvalue weighted by Gasteiger charge is -2.26. The fourth-order valence-electron chi connectivity index (χ4n) is 3.20. The van der Waals surface area contributed by atoms with Crippen molar-refractivity contribution in [2.24, 2.45) is 5.92 Å². The molecule has 26 heavy (non-hydrogen) atoms. The number of morpholine rings is 1. The van der Waals surface area contributed by atoms with E-state index in [1.165, 1.54) is 5.52 Å². The number of fused-ring (bicyclic) bond motifs is 1. The Morgan fingerprint density at radius 3 is 2.77 bits per heavy atom. The van der Waals surface area contributed by atoms with Gasteiger partial charge in [-0.1, -0.05) is 13.8 Å². The lowest BCUT2D eigenvalue weighted by molar-refractivity contribution is 0.0365. The number of aromatic nitrogens is 1. The third-order valence-corrected chi connectivity index (χ3v) is 4.80. The van der Waals surface area contributed by atoms with Crippen molar-refractivity contribution in [3.63, 3.8) is 0 Å². The number of benzene rings is 1. The molecule has 0 saturated carbocycles. The molecule has 6 heteroatoms. The van der Waals surface area contributed by atoms with Crippen LogP contribution >= 0.6 is 0 Å². The summed E-state index contributed by atoms with van der Waals surface area (Å²) < 4.78 is 7.67. The van der Waals surface area contributed by atoms with Gasteiger partial charge in [0.05, 0.1) is 13.2 Å². The zero-order valence-corrected chi connectivity index (χ0v) is 15.8. The van der Waals surface area contributed by atoms with Gasteiger partial charge in [-0.25, -0.2) is 4.79 Å². The summed E-state index contributed by atoms with van der Waals surface area (Å²) in [5.41, 5.74) is 2.02. The van der Waals surface area contributed by atoms with E-state index in [1.807, 2.05) is 12.1 Å². The van der Waals surface area contributed by atoms with Crippen LogP contribution in [0.15, 0.2) is 30.5 Å². The second-order valence-electron chi connectivity index (χ2n) is 7.30. The molecule has 6 nitrogen and oxygen atoms in total. The smallest absolute Gasteiger partial charge is 0.319 e. The molecule has 0 bridgehead atoms. The highest BCUT2D eigenvalue weighted by molar-refractivity contribution is 5.92. The van der Waals surface area contributed by atoms with Crippen LogP contribution in [0.5, 0.6) is 0 Å². The summed E-state index contributed by atoms with van der Waals surface area (Å²) in [5.74, 6) is 0.587. The SMILES string of the molecule is CC(C)CCNC(=O)Nc1ccc2c(ccn2CCN2CCOCC2)c1. The number of anilines is 1. The monoisotopic (exact) mass is 358 g/mol. The molecule has 3 rings (SSSR count). The predicted molar refractivity (Wildman–Crippen MR) is 106 cm³/mol. The Bertz CT molecular complexity index is 720. The number of amides is 2. The minimum Gasteiger partial charge on any atom is -0.379 e. The molecule has 1 aliphatic heterocycles. The Kier molecular flexibility index (Phi) is 6.52. The van der Waals surface area contributed by atoms with E-state index in [2.05, 4.69) is 52.3 Å². The molecule has 1 aromatic carbocycles. The highest BCUT2D eigenvalue weighted by atomic mass is 16.5. The van der Waals surface area contributed by atoms with Crippen LogP contribution < -0.4 is 10.6 Å². The second kappa shape index (κ2) is 9.05. The quantitative estimate of drug-likeness (QED) is 0.799. The minimum absolute atomic E-state index is 0.142. The number of carbonyl (C=O) groups is 1. The number of urea groups is 1. The van der Waals surface area contributed by atoms with E-state index < -0.39 is 0 Å². The van der Waals surface area contributed by atoms with Crippen LogP contribution in [0.25, 0.3) is 10.9 Å². The van der Waals surface area contributed by atoms with Crippen molar-refractivity contribution < 1.29 is 9.53 Å². The molecule has 142 valence electrons. The van der Waals surface area contributed by atoms with Crippen molar-refractivity contribution >= 4 is 22.6 Å². The van der Waals surface area contributed by atoms with Crippen molar-refractivity contribution in [2.75, 3.05) is 44.7 Å². The van der Waals surface area contributed by atoms with Crippen LogP contribution in [0.3, 0.4) is 0 Å². The van der Waals surface area contributed by atoms with Gasteiger partial charge in [0.25, 0.3) is 0 Å². The van der Waals surface area contributed by atoms with Crippen molar-refractivity contribution in [2.45, 2.75) is 26.8 Å². The van der Waals surface area contributed by atoms with Crippen molar-refractivity contribution in [1.82, 2.24) is 14.8 Å². The van der Waals surface area contributed by atoms with Crippen LogP contribution in [-0.2, 0) is 11.3 Å². The number of nitrogens with zero attached hydrogens (tertiary/aromatic N) is 2. The molecular weight excluding hydrogens is 328 g/mol. The molecule has 2 N–H and O–H groups in total. The normalized spacial score (nSPS) is 15.5. The zero-order chi connectivity index (χ0) is 18.4. The lowest BCUT2D eigenvalue weighted by Crippen LogP contribution is -2.38. The Morgan fingerprint density at radius 1 is 1.19 bits per heavy atom. The molecule has 0 aliphatic carbocycles. The number of hydrogen-bond acceptors (Lipinski definition) is 3. The van der Waals surface area contributed by atoms with Crippen LogP contribution in [-0.4, -0.2) is 54.9 Å². The van der Waals surface area contributed by atoms with E-state index in [-0.39, 0.29) is 6.03 Å². The molecule has 0 spiro atoms. The second-order valence-corrected chi connectivity index (χ2v) is 7.30. The molecule has 2 amide bonds. The summed E-state index contributed by atoms with van der Waals surface area (Å²) in [4.78, 5) is 14.4. The van der Waals surface area contributed by atoms with Crippen molar-refractivity contribution in [3.8, 4) is 0 Å². The van der Waals surface area contributed by atoms with E-state index in [1.54, 1.807) is 0 Å². The molecule has 1 aliphatic rings. The first-order valence-electron chi connectivity index (χ1n) is 9.55. The zero-order valence-electron chi connectivity index (χ0n) is 15.8. The van der Waals surface area contributed by atoms with Gasteiger partial charge in [-0.3, -0.25) is 4.90 Å². The Labute approximate surface area is 155 Å². The maximum absolute atomic E-state index is 12.0. The summed E-state index contributed by atoms with van der Waals surface area (Å²) in [6.45, 7) is 10.7. The molecule has 0 radical (unpaired) electrons. The van der Waals surface area contributed by atoms with E-state index in [0.29, 0.717) is 12.5 Å². The Morgan fingerprint density at radius 2 is 2.00 bits per heavy atom. The fourth-order valence-corrected chi connectivity index (χ4v) is 3.20. The largest absolute Gasteiger partial charge is 0.379 e. The summed E-state index contributed by atoms with van der Waals surface area (Å²) in [5, 5.41) is 6.97. The predicted octanol–water partition coefficient (Wildman–Crippen LogP) is 3.14. The number of hydrogen-bond donors (Lipinski definition) is 2. The van der Waals surface area contributed by atoms with E-state index in [9.17, 15) is 4.79 Å². The number of nitrogens with one attached hydrogen (secondary N) is 2. The van der Waals surface area contributed by atoms with E-state index in [0.717, 1.165) is 56.9 Å². The molecule has 1 fully saturated rings. The first-order valence-corrected chi connectivity index (χ1v) is 9.55. The maximum Gasteiger partial charge on any atom is 0.319 e. The molecular formula is C20H30N4O2. The summed E-state index contributed by atoms with van der Waals surface area (Å²) in [6.07, 6.45) is 3.11. The standard InChI is InChI=1S/C20H30N4O2/c1-16(2)5-7-21-20(25)22-18-3-4-19-17(15-18)6-8-24(19)10-9-23-11-13-26-14-12-23/h3-4,6,8,15-16H,5,7,9-14H2,1-2H3,(H2,21,22,25). The van der Waals surface area contributed by atoms with Gasteiger partial charge in [0.15, 0.2) is 0 Å². The van der Waals surface area contributed by atoms with Gasteiger partial charge in [0.1, 0.15) is 0 Å². The summed E-state index contributed by atoms with van der Waals surface area (Å²) in [6, 6.07) is 8.05. The number of ether oxygens (including phenoxy) is 1. The van der Waals surface area contributed by atoms with Gasteiger partial charge < -0.3 is 19.9 Å². The van der Waals surface area contributed by atoms with Crippen LogP contribution in [0, 0.1) is 5.92 Å². The van der Waals surface area contributed by atoms with Gasteiger partial charge in [0, 0.05) is 55.5 Å². The van der Waals surface area contributed by atoms with Gasteiger partial charge in [-0.15, -0.1) is 0 Å². The van der Waals surface area contributed by atoms with Gasteiger partial charge in [-0.05, 0) is 36.6 Å². The molecule has 1 saturated heterocycles. The third-order valence-electron chi connectivity index (χ3n) is 4.80. The molecule has 2 heterocycles. The summed E-state index contributed by atoms with van der Waals surface area (Å²) >= 11 is 0. The molecule has 1 aromatic heterocycles. The van der Waals surface area contributed by atoms with Crippen molar-refractivity contribution in [1.29, 1.82) is 0 Å². The average molecular weight is 358 g/mol. The molecule has 0 unspecified atom stereocenters. The highest BCUT2D eigenvalue weighted by Crippen LogP contribution is 2.20. The van der Waals surface area contributed by atoms with Crippen LogP contribution in [0.2, 0.25) is 0 Å². The van der Waals surface area contributed by atoms with Gasteiger partial charge in [-0.2, -0.15) is 0 Å². The lowest BCUT2D eigenvalue weighted by atomic mass is 10.1. The highest BCUT2D eigenvalue weighted by Gasteiger charge is 2.11. The molecule has 2 aromatic rings. The Balaban J connectivity index is 1.55. The first-order chi connectivity index (χ1) is 12.6. The first kappa shape index (κ1) is 18.7. The molecule has 0 atom stereocenters. The van der Waals surface area contributed by atoms with Crippen molar-refractivity contribution in [3.05, 3.63) is 30.5 Å². The van der Waals surface area contributed by atoms with Crippen LogP contribution in [0.1, 0.15) is 20.3 Å². The maximum atomic E-state index is 12.0. The summed E-state index contributed by atoms with van der Waals surface area (Å²) in [7, 11) is 0. The van der Waals surface area contributed by atoms with Gasteiger partial charge >= 0.3 is 6.03 Å². The fraction of sp³-hybridized carbons (Fsp3) is 0.550.